The summed E-state index contributed by atoms with van der Waals surface area (Å²) < 4.78 is 2.97. The highest BCUT2D eigenvalue weighted by Gasteiger charge is 2.10. The lowest BCUT2D eigenvalue weighted by Crippen LogP contribution is -2.28. The fraction of sp³-hybridized carbons (Fsp3) is 0.150. The van der Waals surface area contributed by atoms with Gasteiger partial charge in [0.2, 0.25) is 0 Å². The second-order valence-electron chi connectivity index (χ2n) is 5.93. The molecule has 0 spiro atoms. The van der Waals surface area contributed by atoms with Crippen LogP contribution in [0, 0.1) is 11.3 Å². The summed E-state index contributed by atoms with van der Waals surface area (Å²) in [5, 5.41) is 17.3. The van der Waals surface area contributed by atoms with Crippen LogP contribution in [0.25, 0.3) is 11.3 Å². The van der Waals surface area contributed by atoms with Gasteiger partial charge in [-0.15, -0.1) is 0 Å². The van der Waals surface area contributed by atoms with E-state index in [1.807, 2.05) is 30.3 Å². The smallest absolute Gasteiger partial charge is 0.260 e. The van der Waals surface area contributed by atoms with Crippen LogP contribution in [0.5, 0.6) is 0 Å². The van der Waals surface area contributed by atoms with E-state index >= 15 is 0 Å². The Morgan fingerprint density at radius 3 is 2.75 bits per heavy atom. The minimum absolute atomic E-state index is 0.121. The van der Waals surface area contributed by atoms with E-state index in [-0.39, 0.29) is 12.1 Å². The van der Waals surface area contributed by atoms with Crippen molar-refractivity contribution in [1.82, 2.24) is 19.8 Å². The minimum Gasteiger partial charge on any atom is -0.306 e. The van der Waals surface area contributed by atoms with Crippen LogP contribution in [0.2, 0.25) is 0 Å². The summed E-state index contributed by atoms with van der Waals surface area (Å²) in [6.45, 7) is 0.345. The van der Waals surface area contributed by atoms with Crippen molar-refractivity contribution in [2.24, 2.45) is 5.10 Å². The summed E-state index contributed by atoms with van der Waals surface area (Å²) in [6, 6.07) is 16.4. The van der Waals surface area contributed by atoms with Crippen molar-refractivity contribution >= 4 is 12.1 Å². The standard InChI is InChI=1S/C20H18N6O2/c21-10-6-12-26-14-17(20(24-26)16-7-2-1-3-8-16)13-22-23-18(27)15-25-11-5-4-9-19(25)28/h1-5,7-9,11,13-14H,6,12,15H2,(H,23,27)/b22-13-. The van der Waals surface area contributed by atoms with Gasteiger partial charge in [-0.3, -0.25) is 14.3 Å². The highest BCUT2D eigenvalue weighted by molar-refractivity contribution is 5.89. The molecule has 1 amide bonds. The van der Waals surface area contributed by atoms with Crippen LogP contribution in [0.3, 0.4) is 0 Å². The molecule has 0 saturated heterocycles. The number of nitrogens with zero attached hydrogens (tertiary/aromatic N) is 5. The molecule has 0 unspecified atom stereocenters. The molecule has 0 radical (unpaired) electrons. The molecule has 2 heterocycles. The largest absolute Gasteiger partial charge is 0.306 e. The number of pyridine rings is 1. The molecule has 28 heavy (non-hydrogen) atoms. The summed E-state index contributed by atoms with van der Waals surface area (Å²) in [6.07, 6.45) is 5.16. The van der Waals surface area contributed by atoms with Crippen LogP contribution in [0.1, 0.15) is 12.0 Å². The Bertz CT molecular complexity index is 1080. The number of aromatic nitrogens is 3. The number of nitriles is 1. The van der Waals surface area contributed by atoms with Crippen molar-refractivity contribution in [3.63, 3.8) is 0 Å². The van der Waals surface area contributed by atoms with Gasteiger partial charge in [-0.2, -0.15) is 15.5 Å². The maximum atomic E-state index is 12.0. The number of hydrazone groups is 1. The van der Waals surface area contributed by atoms with Crippen molar-refractivity contribution in [3.8, 4) is 17.3 Å². The molecule has 8 heteroatoms. The van der Waals surface area contributed by atoms with Gasteiger partial charge < -0.3 is 4.57 Å². The number of amides is 1. The Morgan fingerprint density at radius 1 is 1.21 bits per heavy atom. The number of hydrogen-bond acceptors (Lipinski definition) is 5. The second kappa shape index (κ2) is 9.09. The molecule has 0 saturated carbocycles. The van der Waals surface area contributed by atoms with E-state index in [9.17, 15) is 9.59 Å². The van der Waals surface area contributed by atoms with Gasteiger partial charge in [-0.1, -0.05) is 36.4 Å². The quantitative estimate of drug-likeness (QED) is 0.503. The Labute approximate surface area is 161 Å². The van der Waals surface area contributed by atoms with Gasteiger partial charge in [-0.25, -0.2) is 5.43 Å². The lowest BCUT2D eigenvalue weighted by Gasteiger charge is -2.03. The lowest BCUT2D eigenvalue weighted by atomic mass is 10.1. The number of hydrogen-bond donors (Lipinski definition) is 1. The molecule has 8 nitrogen and oxygen atoms in total. The molecule has 0 atom stereocenters. The van der Waals surface area contributed by atoms with E-state index < -0.39 is 5.91 Å². The molecule has 3 rings (SSSR count). The Balaban J connectivity index is 1.74. The third-order valence-electron chi connectivity index (χ3n) is 3.90. The van der Waals surface area contributed by atoms with Gasteiger partial charge in [0.05, 0.1) is 25.2 Å². The maximum absolute atomic E-state index is 12.0. The minimum atomic E-state index is -0.414. The fourth-order valence-electron chi connectivity index (χ4n) is 2.59. The molecule has 1 aromatic carbocycles. The van der Waals surface area contributed by atoms with Gasteiger partial charge in [0.1, 0.15) is 12.2 Å². The SMILES string of the molecule is N#CCCn1cc(/C=N\NC(=O)Cn2ccccc2=O)c(-c2ccccc2)n1. The first-order valence-electron chi connectivity index (χ1n) is 8.64. The molecule has 0 aliphatic rings. The highest BCUT2D eigenvalue weighted by atomic mass is 16.2. The average Bonchev–Trinajstić information content (AvgIpc) is 3.12. The summed E-state index contributed by atoms with van der Waals surface area (Å²) in [5.74, 6) is -0.414. The summed E-state index contributed by atoms with van der Waals surface area (Å²) >= 11 is 0. The number of benzene rings is 1. The first-order valence-corrected chi connectivity index (χ1v) is 8.64. The Morgan fingerprint density at radius 2 is 2.00 bits per heavy atom. The molecule has 3 aromatic rings. The molecular formula is C20H18N6O2. The highest BCUT2D eigenvalue weighted by Crippen LogP contribution is 2.20. The zero-order chi connectivity index (χ0) is 19.8. The van der Waals surface area contributed by atoms with Crippen LogP contribution < -0.4 is 11.0 Å². The van der Waals surface area contributed by atoms with Gasteiger partial charge in [-0.05, 0) is 6.07 Å². The third kappa shape index (κ3) is 4.80. The van der Waals surface area contributed by atoms with E-state index in [4.69, 9.17) is 5.26 Å². The topological polar surface area (TPSA) is 105 Å². The van der Waals surface area contributed by atoms with Crippen molar-refractivity contribution in [1.29, 1.82) is 5.26 Å². The fourth-order valence-corrected chi connectivity index (χ4v) is 2.59. The summed E-state index contributed by atoms with van der Waals surface area (Å²) in [7, 11) is 0. The number of rotatable bonds is 7. The predicted octanol–water partition coefficient (Wildman–Crippen LogP) is 1.78. The average molecular weight is 374 g/mol. The molecule has 2 aromatic heterocycles. The molecule has 0 aliphatic carbocycles. The number of aryl methyl sites for hydroxylation is 1. The van der Waals surface area contributed by atoms with Crippen molar-refractivity contribution in [2.45, 2.75) is 19.5 Å². The van der Waals surface area contributed by atoms with Gasteiger partial charge in [0.25, 0.3) is 11.5 Å². The van der Waals surface area contributed by atoms with Crippen molar-refractivity contribution in [3.05, 3.63) is 76.8 Å². The van der Waals surface area contributed by atoms with Crippen LogP contribution in [0.15, 0.2) is 70.8 Å². The lowest BCUT2D eigenvalue weighted by molar-refractivity contribution is -0.121. The predicted molar refractivity (Wildman–Crippen MR) is 104 cm³/mol. The van der Waals surface area contributed by atoms with Gasteiger partial charge >= 0.3 is 0 Å². The zero-order valence-electron chi connectivity index (χ0n) is 15.0. The molecule has 0 fully saturated rings. The maximum Gasteiger partial charge on any atom is 0.260 e. The molecule has 1 N–H and O–H groups in total. The van der Waals surface area contributed by atoms with Crippen LogP contribution in [-0.4, -0.2) is 26.5 Å². The molecule has 140 valence electrons. The number of carbonyl (C=O) groups excluding carboxylic acids is 1. The first-order chi connectivity index (χ1) is 13.7. The van der Waals surface area contributed by atoms with E-state index in [0.29, 0.717) is 24.2 Å². The molecule has 0 aliphatic heterocycles. The second-order valence-corrected chi connectivity index (χ2v) is 5.93. The van der Waals surface area contributed by atoms with Gasteiger partial charge in [0.15, 0.2) is 0 Å². The van der Waals surface area contributed by atoms with Gasteiger partial charge in [0, 0.05) is 29.6 Å². The Kier molecular flexibility index (Phi) is 6.10. The Hall–Kier alpha value is -3.99. The van der Waals surface area contributed by atoms with Crippen LogP contribution in [0.4, 0.5) is 0 Å². The number of nitrogens with one attached hydrogen (secondary N) is 1. The monoisotopic (exact) mass is 374 g/mol. The molecule has 0 bridgehead atoms. The van der Waals surface area contributed by atoms with E-state index in [1.54, 1.807) is 29.2 Å². The van der Waals surface area contributed by atoms with E-state index in [1.165, 1.54) is 16.8 Å². The normalized spacial score (nSPS) is 10.7. The molecular weight excluding hydrogens is 356 g/mol. The van der Waals surface area contributed by atoms with E-state index in [2.05, 4.69) is 21.7 Å². The van der Waals surface area contributed by atoms with E-state index in [0.717, 1.165) is 5.56 Å². The summed E-state index contributed by atoms with van der Waals surface area (Å²) in [5.41, 5.74) is 4.48. The van der Waals surface area contributed by atoms with Crippen molar-refractivity contribution in [2.75, 3.05) is 0 Å². The first kappa shape index (κ1) is 18.8. The summed E-state index contributed by atoms with van der Waals surface area (Å²) in [4.78, 5) is 23.7. The van der Waals surface area contributed by atoms with Crippen LogP contribution >= 0.6 is 0 Å². The zero-order valence-corrected chi connectivity index (χ0v) is 15.0. The third-order valence-corrected chi connectivity index (χ3v) is 3.90. The van der Waals surface area contributed by atoms with Crippen molar-refractivity contribution < 1.29 is 4.79 Å². The van der Waals surface area contributed by atoms with Crippen LogP contribution in [-0.2, 0) is 17.9 Å². The number of carbonyl (C=O) groups is 1.